The van der Waals surface area contributed by atoms with Gasteiger partial charge < -0.3 is 11.1 Å². The summed E-state index contributed by atoms with van der Waals surface area (Å²) in [5, 5.41) is 6.88. The molecular formula is C13H16N4O. The van der Waals surface area contributed by atoms with Crippen LogP contribution in [0.5, 0.6) is 0 Å². The van der Waals surface area contributed by atoms with Crippen LogP contribution in [0.4, 0.5) is 5.69 Å². The summed E-state index contributed by atoms with van der Waals surface area (Å²) in [6.45, 7) is 2.37. The number of amides is 1. The van der Waals surface area contributed by atoms with Crippen LogP contribution in [-0.2, 0) is 11.3 Å². The van der Waals surface area contributed by atoms with Gasteiger partial charge in [0.25, 0.3) is 0 Å². The molecule has 1 amide bonds. The highest BCUT2D eigenvalue weighted by molar-refractivity contribution is 5.94. The van der Waals surface area contributed by atoms with Crippen LogP contribution in [0.25, 0.3) is 0 Å². The maximum Gasteiger partial charge on any atom is 0.240 e. The molecule has 0 radical (unpaired) electrons. The number of nitrogens with two attached hydrogens (primary N) is 1. The Morgan fingerprint density at radius 1 is 1.44 bits per heavy atom. The number of nitrogens with zero attached hydrogens (tertiary/aromatic N) is 2. The number of hydrogen-bond acceptors (Lipinski definition) is 3. The Bertz CT molecular complexity index is 502. The van der Waals surface area contributed by atoms with E-state index in [-0.39, 0.29) is 5.91 Å². The molecule has 2 aromatic rings. The van der Waals surface area contributed by atoms with Crippen molar-refractivity contribution in [1.82, 2.24) is 9.78 Å². The lowest BCUT2D eigenvalue weighted by Crippen LogP contribution is -2.32. The average molecular weight is 244 g/mol. The molecule has 1 heterocycles. The summed E-state index contributed by atoms with van der Waals surface area (Å²) in [5.41, 5.74) is 7.35. The average Bonchev–Trinajstić information content (AvgIpc) is 2.84. The summed E-state index contributed by atoms with van der Waals surface area (Å²) >= 11 is 0. The Balaban J connectivity index is 1.99. The Morgan fingerprint density at radius 2 is 2.17 bits per heavy atom. The van der Waals surface area contributed by atoms with Gasteiger partial charge in [-0.1, -0.05) is 12.1 Å². The third-order valence-electron chi connectivity index (χ3n) is 2.54. The summed E-state index contributed by atoms with van der Waals surface area (Å²) in [6.07, 6.45) is 3.66. The van der Waals surface area contributed by atoms with Crippen LogP contribution in [0.15, 0.2) is 42.7 Å². The molecule has 0 spiro atoms. The van der Waals surface area contributed by atoms with E-state index in [1.165, 1.54) is 0 Å². The van der Waals surface area contributed by atoms with E-state index in [1.807, 2.05) is 41.2 Å². The van der Waals surface area contributed by atoms with Gasteiger partial charge in [-0.25, -0.2) is 0 Å². The van der Waals surface area contributed by atoms with Crippen molar-refractivity contribution >= 4 is 11.6 Å². The summed E-state index contributed by atoms with van der Waals surface area (Å²) < 4.78 is 1.84. The first-order chi connectivity index (χ1) is 8.65. The van der Waals surface area contributed by atoms with Crippen LogP contribution in [0, 0.1) is 0 Å². The van der Waals surface area contributed by atoms with Crippen molar-refractivity contribution in [2.45, 2.75) is 19.5 Å². The molecule has 0 aliphatic heterocycles. The Labute approximate surface area is 106 Å². The van der Waals surface area contributed by atoms with E-state index in [9.17, 15) is 4.79 Å². The molecule has 1 aromatic carbocycles. The second-order valence-electron chi connectivity index (χ2n) is 4.18. The number of hydrogen-bond donors (Lipinski definition) is 2. The van der Waals surface area contributed by atoms with Gasteiger partial charge in [-0.05, 0) is 30.7 Å². The van der Waals surface area contributed by atoms with E-state index >= 15 is 0 Å². The normalized spacial score (nSPS) is 12.1. The van der Waals surface area contributed by atoms with Crippen LogP contribution >= 0.6 is 0 Å². The molecule has 0 aliphatic carbocycles. The van der Waals surface area contributed by atoms with Gasteiger partial charge >= 0.3 is 0 Å². The van der Waals surface area contributed by atoms with Crippen LogP contribution < -0.4 is 11.1 Å². The van der Waals surface area contributed by atoms with Gasteiger partial charge in [-0.2, -0.15) is 5.10 Å². The number of benzene rings is 1. The van der Waals surface area contributed by atoms with E-state index in [2.05, 4.69) is 10.4 Å². The lowest BCUT2D eigenvalue weighted by atomic mass is 10.2. The molecule has 1 atom stereocenters. The molecule has 94 valence electrons. The fourth-order valence-corrected chi connectivity index (χ4v) is 1.53. The summed E-state index contributed by atoms with van der Waals surface area (Å²) in [7, 11) is 0. The molecule has 1 unspecified atom stereocenters. The van der Waals surface area contributed by atoms with Crippen molar-refractivity contribution in [2.24, 2.45) is 5.73 Å². The number of anilines is 1. The first-order valence-electron chi connectivity index (χ1n) is 5.78. The maximum atomic E-state index is 11.4. The van der Waals surface area contributed by atoms with Crippen molar-refractivity contribution in [3.05, 3.63) is 48.3 Å². The summed E-state index contributed by atoms with van der Waals surface area (Å²) in [5.74, 6) is -0.185. The van der Waals surface area contributed by atoms with Crippen molar-refractivity contribution in [1.29, 1.82) is 0 Å². The number of carbonyl (C=O) groups excluding carboxylic acids is 1. The second-order valence-corrected chi connectivity index (χ2v) is 4.18. The zero-order chi connectivity index (χ0) is 13.0. The van der Waals surface area contributed by atoms with Gasteiger partial charge in [-0.15, -0.1) is 0 Å². The molecule has 0 bridgehead atoms. The number of nitrogens with one attached hydrogen (secondary N) is 1. The smallest absolute Gasteiger partial charge is 0.240 e. The fraction of sp³-hybridized carbons (Fsp3) is 0.231. The molecule has 0 fully saturated rings. The van der Waals surface area contributed by atoms with E-state index in [0.717, 1.165) is 11.3 Å². The molecule has 2 rings (SSSR count). The minimum Gasteiger partial charge on any atom is -0.325 e. The molecule has 5 nitrogen and oxygen atoms in total. The van der Waals surface area contributed by atoms with Gasteiger partial charge in [0.2, 0.25) is 5.91 Å². The third-order valence-corrected chi connectivity index (χ3v) is 2.54. The molecule has 18 heavy (non-hydrogen) atoms. The van der Waals surface area contributed by atoms with E-state index < -0.39 is 6.04 Å². The zero-order valence-electron chi connectivity index (χ0n) is 10.2. The minimum absolute atomic E-state index is 0.185. The SMILES string of the molecule is CC(N)C(=O)Nc1ccc(Cn2cccn2)cc1. The van der Waals surface area contributed by atoms with Crippen molar-refractivity contribution < 1.29 is 4.79 Å². The quantitative estimate of drug-likeness (QED) is 0.849. The summed E-state index contributed by atoms with van der Waals surface area (Å²) in [6, 6.07) is 9.01. The predicted octanol–water partition coefficient (Wildman–Crippen LogP) is 1.22. The van der Waals surface area contributed by atoms with E-state index in [0.29, 0.717) is 6.54 Å². The van der Waals surface area contributed by atoms with E-state index in [4.69, 9.17) is 5.73 Å². The number of rotatable bonds is 4. The van der Waals surface area contributed by atoms with Gasteiger partial charge in [0, 0.05) is 18.1 Å². The highest BCUT2D eigenvalue weighted by Crippen LogP contribution is 2.10. The largest absolute Gasteiger partial charge is 0.325 e. The van der Waals surface area contributed by atoms with Gasteiger partial charge in [0.15, 0.2) is 0 Å². The summed E-state index contributed by atoms with van der Waals surface area (Å²) in [4.78, 5) is 11.4. The van der Waals surface area contributed by atoms with Crippen LogP contribution in [0.3, 0.4) is 0 Å². The molecule has 0 aliphatic rings. The van der Waals surface area contributed by atoms with Crippen molar-refractivity contribution in [3.63, 3.8) is 0 Å². The number of aromatic nitrogens is 2. The Morgan fingerprint density at radius 3 is 2.72 bits per heavy atom. The fourth-order valence-electron chi connectivity index (χ4n) is 1.53. The topological polar surface area (TPSA) is 72.9 Å². The third kappa shape index (κ3) is 3.18. The standard InChI is InChI=1S/C13H16N4O/c1-10(14)13(18)16-12-5-3-11(4-6-12)9-17-8-2-7-15-17/h2-8,10H,9,14H2,1H3,(H,16,18). The number of carbonyl (C=O) groups is 1. The van der Waals surface area contributed by atoms with E-state index in [1.54, 1.807) is 13.1 Å². The van der Waals surface area contributed by atoms with Crippen LogP contribution in [-0.4, -0.2) is 21.7 Å². The lowest BCUT2D eigenvalue weighted by molar-refractivity contribution is -0.117. The minimum atomic E-state index is -0.506. The van der Waals surface area contributed by atoms with Gasteiger partial charge in [0.1, 0.15) is 0 Å². The first kappa shape index (κ1) is 12.3. The van der Waals surface area contributed by atoms with Gasteiger partial charge in [-0.3, -0.25) is 9.48 Å². The molecule has 1 aromatic heterocycles. The molecular weight excluding hydrogens is 228 g/mol. The Hall–Kier alpha value is -2.14. The Kier molecular flexibility index (Phi) is 3.74. The van der Waals surface area contributed by atoms with Crippen LogP contribution in [0.1, 0.15) is 12.5 Å². The highest BCUT2D eigenvalue weighted by atomic mass is 16.2. The molecule has 5 heteroatoms. The lowest BCUT2D eigenvalue weighted by Gasteiger charge is -2.08. The van der Waals surface area contributed by atoms with Crippen molar-refractivity contribution in [2.75, 3.05) is 5.32 Å². The molecule has 0 saturated carbocycles. The molecule has 3 N–H and O–H groups in total. The van der Waals surface area contributed by atoms with Gasteiger partial charge in [0.05, 0.1) is 12.6 Å². The zero-order valence-corrected chi connectivity index (χ0v) is 10.2. The highest BCUT2D eigenvalue weighted by Gasteiger charge is 2.06. The second kappa shape index (κ2) is 5.46. The van der Waals surface area contributed by atoms with Crippen molar-refractivity contribution in [3.8, 4) is 0 Å². The maximum absolute atomic E-state index is 11.4. The predicted molar refractivity (Wildman–Crippen MR) is 70.1 cm³/mol. The molecule has 0 saturated heterocycles. The monoisotopic (exact) mass is 244 g/mol. The first-order valence-corrected chi connectivity index (χ1v) is 5.78. The van der Waals surface area contributed by atoms with Crippen LogP contribution in [0.2, 0.25) is 0 Å².